The molecular weight excluding hydrogens is 248 g/mol. The highest BCUT2D eigenvalue weighted by molar-refractivity contribution is 5.21. The summed E-state index contributed by atoms with van der Waals surface area (Å²) in [5.41, 5.74) is 0.425. The van der Waals surface area contributed by atoms with Crippen LogP contribution in [0.2, 0.25) is 0 Å². The molecule has 1 aromatic rings. The first kappa shape index (κ1) is 16.1. The SMILES string of the molecule is CCCNC(CC(C)(C)OC)c1ccc(F)c(F)c1. The van der Waals surface area contributed by atoms with Crippen LogP contribution in [-0.4, -0.2) is 19.3 Å². The molecule has 0 aliphatic carbocycles. The molecule has 0 bridgehead atoms. The van der Waals surface area contributed by atoms with E-state index in [0.29, 0.717) is 6.42 Å². The zero-order valence-electron chi connectivity index (χ0n) is 12.1. The maximum atomic E-state index is 13.3. The van der Waals surface area contributed by atoms with Gasteiger partial charge in [-0.1, -0.05) is 13.0 Å². The molecule has 2 nitrogen and oxygen atoms in total. The van der Waals surface area contributed by atoms with Gasteiger partial charge in [-0.15, -0.1) is 0 Å². The standard InChI is InChI=1S/C15H23F2NO/c1-5-8-18-14(10-15(2,3)19-4)11-6-7-12(16)13(17)9-11/h6-7,9,14,18H,5,8,10H2,1-4H3. The summed E-state index contributed by atoms with van der Waals surface area (Å²) in [4.78, 5) is 0. The monoisotopic (exact) mass is 271 g/mol. The van der Waals surface area contributed by atoms with Crippen molar-refractivity contribution in [3.63, 3.8) is 0 Å². The first-order chi connectivity index (χ1) is 8.89. The first-order valence-electron chi connectivity index (χ1n) is 6.63. The minimum Gasteiger partial charge on any atom is -0.379 e. The van der Waals surface area contributed by atoms with Gasteiger partial charge in [0, 0.05) is 13.2 Å². The zero-order chi connectivity index (χ0) is 14.5. The lowest BCUT2D eigenvalue weighted by molar-refractivity contribution is 0.00682. The van der Waals surface area contributed by atoms with Crippen molar-refractivity contribution in [2.75, 3.05) is 13.7 Å². The van der Waals surface area contributed by atoms with Crippen LogP contribution in [0.25, 0.3) is 0 Å². The Balaban J connectivity index is 2.92. The average Bonchev–Trinajstić information content (AvgIpc) is 2.38. The van der Waals surface area contributed by atoms with E-state index in [2.05, 4.69) is 12.2 Å². The molecule has 0 heterocycles. The Hall–Kier alpha value is -1.00. The third-order valence-corrected chi connectivity index (χ3v) is 3.24. The number of hydrogen-bond acceptors (Lipinski definition) is 2. The summed E-state index contributed by atoms with van der Waals surface area (Å²) in [6.07, 6.45) is 1.67. The minimum absolute atomic E-state index is 0.0509. The number of halogens is 2. The van der Waals surface area contributed by atoms with Crippen LogP contribution in [0.1, 0.15) is 45.2 Å². The molecule has 0 aromatic heterocycles. The quantitative estimate of drug-likeness (QED) is 0.814. The average molecular weight is 271 g/mol. The summed E-state index contributed by atoms with van der Waals surface area (Å²) in [6.45, 7) is 6.85. The highest BCUT2D eigenvalue weighted by Crippen LogP contribution is 2.27. The van der Waals surface area contributed by atoms with Crippen LogP contribution < -0.4 is 5.32 Å². The predicted molar refractivity (Wildman–Crippen MR) is 73.1 cm³/mol. The Morgan fingerprint density at radius 3 is 2.47 bits per heavy atom. The van der Waals surface area contributed by atoms with Crippen LogP contribution in [0, 0.1) is 11.6 Å². The number of rotatable bonds is 7. The van der Waals surface area contributed by atoms with Crippen molar-refractivity contribution < 1.29 is 13.5 Å². The summed E-state index contributed by atoms with van der Waals surface area (Å²) >= 11 is 0. The molecule has 1 atom stereocenters. The van der Waals surface area contributed by atoms with E-state index in [-0.39, 0.29) is 11.6 Å². The number of benzene rings is 1. The molecule has 1 N–H and O–H groups in total. The van der Waals surface area contributed by atoms with E-state index in [1.165, 1.54) is 12.1 Å². The zero-order valence-corrected chi connectivity index (χ0v) is 12.1. The normalized spacial score (nSPS) is 13.6. The molecule has 4 heteroatoms. The van der Waals surface area contributed by atoms with Crippen molar-refractivity contribution in [3.05, 3.63) is 35.4 Å². The highest BCUT2D eigenvalue weighted by atomic mass is 19.2. The second-order valence-electron chi connectivity index (χ2n) is 5.35. The Kier molecular flexibility index (Phi) is 5.88. The Morgan fingerprint density at radius 1 is 1.26 bits per heavy atom. The van der Waals surface area contributed by atoms with Gasteiger partial charge in [0.15, 0.2) is 11.6 Å². The van der Waals surface area contributed by atoms with Crippen LogP contribution in [0.4, 0.5) is 8.78 Å². The van der Waals surface area contributed by atoms with Gasteiger partial charge in [-0.3, -0.25) is 0 Å². The summed E-state index contributed by atoms with van der Waals surface area (Å²) in [7, 11) is 1.65. The van der Waals surface area contributed by atoms with Crippen molar-refractivity contribution in [3.8, 4) is 0 Å². The van der Waals surface area contributed by atoms with E-state index in [9.17, 15) is 8.78 Å². The molecule has 0 saturated heterocycles. The predicted octanol–water partition coefficient (Wildman–Crippen LogP) is 3.82. The van der Waals surface area contributed by atoms with Crippen molar-refractivity contribution in [1.29, 1.82) is 0 Å². The lowest BCUT2D eigenvalue weighted by Crippen LogP contribution is -2.32. The summed E-state index contributed by atoms with van der Waals surface area (Å²) in [5.74, 6) is -1.62. The second kappa shape index (κ2) is 6.96. The molecule has 0 aliphatic rings. The Labute approximate surface area is 114 Å². The van der Waals surface area contributed by atoms with Crippen molar-refractivity contribution in [2.24, 2.45) is 0 Å². The van der Waals surface area contributed by atoms with Gasteiger partial charge in [0.2, 0.25) is 0 Å². The lowest BCUT2D eigenvalue weighted by Gasteiger charge is -2.29. The fourth-order valence-corrected chi connectivity index (χ4v) is 1.93. The van der Waals surface area contributed by atoms with E-state index < -0.39 is 11.6 Å². The topological polar surface area (TPSA) is 21.3 Å². The molecule has 0 fully saturated rings. The number of hydrogen-bond donors (Lipinski definition) is 1. The fourth-order valence-electron chi connectivity index (χ4n) is 1.93. The molecule has 0 radical (unpaired) electrons. The van der Waals surface area contributed by atoms with Crippen LogP contribution in [0.5, 0.6) is 0 Å². The molecule has 0 saturated carbocycles. The first-order valence-corrected chi connectivity index (χ1v) is 6.63. The van der Waals surface area contributed by atoms with Crippen LogP contribution in [0.15, 0.2) is 18.2 Å². The number of nitrogens with one attached hydrogen (secondary N) is 1. The van der Waals surface area contributed by atoms with Crippen LogP contribution in [-0.2, 0) is 4.74 Å². The van der Waals surface area contributed by atoms with Gasteiger partial charge in [0.25, 0.3) is 0 Å². The maximum absolute atomic E-state index is 13.3. The Bertz CT molecular complexity index is 407. The van der Waals surface area contributed by atoms with E-state index in [0.717, 1.165) is 18.5 Å². The molecule has 0 aliphatic heterocycles. The molecule has 1 aromatic carbocycles. The van der Waals surface area contributed by atoms with Gasteiger partial charge in [0.1, 0.15) is 0 Å². The third-order valence-electron chi connectivity index (χ3n) is 3.24. The largest absolute Gasteiger partial charge is 0.379 e. The molecule has 108 valence electrons. The molecular formula is C15H23F2NO. The van der Waals surface area contributed by atoms with E-state index >= 15 is 0 Å². The van der Waals surface area contributed by atoms with Gasteiger partial charge >= 0.3 is 0 Å². The van der Waals surface area contributed by atoms with Crippen LogP contribution in [0.3, 0.4) is 0 Å². The number of ether oxygens (including phenoxy) is 1. The van der Waals surface area contributed by atoms with Crippen molar-refractivity contribution >= 4 is 0 Å². The summed E-state index contributed by atoms with van der Waals surface area (Å²) in [6, 6.07) is 4.00. The van der Waals surface area contributed by atoms with Crippen LogP contribution >= 0.6 is 0 Å². The fraction of sp³-hybridized carbons (Fsp3) is 0.600. The highest BCUT2D eigenvalue weighted by Gasteiger charge is 2.24. The smallest absolute Gasteiger partial charge is 0.159 e. The van der Waals surface area contributed by atoms with E-state index in [1.54, 1.807) is 13.2 Å². The lowest BCUT2D eigenvalue weighted by atomic mass is 9.93. The maximum Gasteiger partial charge on any atom is 0.159 e. The van der Waals surface area contributed by atoms with Gasteiger partial charge in [-0.25, -0.2) is 8.78 Å². The molecule has 19 heavy (non-hydrogen) atoms. The van der Waals surface area contributed by atoms with Crippen molar-refractivity contribution in [2.45, 2.75) is 45.3 Å². The third kappa shape index (κ3) is 4.88. The van der Waals surface area contributed by atoms with E-state index in [1.807, 2.05) is 13.8 Å². The molecule has 1 rings (SSSR count). The molecule has 1 unspecified atom stereocenters. The Morgan fingerprint density at radius 2 is 1.95 bits per heavy atom. The second-order valence-corrected chi connectivity index (χ2v) is 5.35. The van der Waals surface area contributed by atoms with Gasteiger partial charge in [0.05, 0.1) is 5.60 Å². The van der Waals surface area contributed by atoms with Gasteiger partial charge in [-0.05, 0) is 50.9 Å². The van der Waals surface area contributed by atoms with Gasteiger partial charge < -0.3 is 10.1 Å². The molecule has 0 spiro atoms. The minimum atomic E-state index is -0.816. The van der Waals surface area contributed by atoms with Gasteiger partial charge in [-0.2, -0.15) is 0 Å². The van der Waals surface area contributed by atoms with Crippen molar-refractivity contribution in [1.82, 2.24) is 5.32 Å². The number of methoxy groups -OCH3 is 1. The molecule has 0 amide bonds. The summed E-state index contributed by atoms with van der Waals surface area (Å²) < 4.78 is 31.8. The van der Waals surface area contributed by atoms with E-state index in [4.69, 9.17) is 4.74 Å². The summed E-state index contributed by atoms with van der Waals surface area (Å²) in [5, 5.41) is 3.35.